The van der Waals surface area contributed by atoms with Crippen LogP contribution in [0.3, 0.4) is 0 Å². The number of aryl methyl sites for hydroxylation is 8. The van der Waals surface area contributed by atoms with E-state index >= 15 is 0 Å². The van der Waals surface area contributed by atoms with E-state index in [1.165, 1.54) is 89.7 Å². The maximum absolute atomic E-state index is 14.2. The molecule has 0 aliphatic heterocycles. The Morgan fingerprint density at radius 3 is 1.40 bits per heavy atom. The van der Waals surface area contributed by atoms with Gasteiger partial charge < -0.3 is 100 Å². The molecule has 1 aromatic carbocycles. The molecular formula is C68H87Cl2N23O11. The van der Waals surface area contributed by atoms with E-state index in [1.807, 2.05) is 43.3 Å². The smallest absolute Gasteiger partial charge is 0.292 e. The highest BCUT2D eigenvalue weighted by molar-refractivity contribution is 6.18. The number of rotatable bonds is 37. The SMILES string of the molecule is CN(C)CCCNC(=O)CCNC(=O)c1cc(NC(=O)c2cc(NC(=O)c3cc(NC(=O)c4cc(NC(=O)[C@@H](CCNC(=O)c5nc(NC(=O)CCNC(=O)c6nc(NC(=O)c7nccn7C)cn6C)cn5C)NC(=O)CCCc5ccc(N(CCCl)CCCl)cc5)cn4C)cn3C)cn2C)cn1C. The standard InChI is InChI=1S/C68H87Cl2N23O11/c1-85(2)28-11-23-71-55(94)19-25-73-62(98)49-32-44(37-87(49)4)77-64(100)51-34-46(39-89(51)6)79-65(101)52-35-45(38-90(52)7)78-63(99)50-33-43(36-88(50)5)76-61(97)48(80-56(95)13-10-12-42-14-16-47(17-15-42)93(29-21-69)30-22-70)18-24-74-66(102)59-82-53(40-91(59)8)81-57(96)20-26-75-67(103)60-83-54(41-92(60)9)84-68(104)58-72-27-31-86(58)3/h14-17,27,31-41,48H,10-13,18-26,28-30H2,1-9H3,(H,71,94)(H,73,98)(H,74,102)(H,75,103)(H,76,97)(H,77,100)(H,78,99)(H,79,101)(H,80,95)(H,81,96)(H,84,104)/t48-/m1/s1. The molecule has 8 rings (SSSR count). The topological polar surface area (TPSA) is 400 Å². The van der Waals surface area contributed by atoms with E-state index in [-0.39, 0.29) is 120 Å². The quantitative estimate of drug-likeness (QED) is 0.0195. The number of carbonyl (C=O) groups is 11. The molecule has 0 unspecified atom stereocenters. The minimum Gasteiger partial charge on any atom is -0.369 e. The maximum Gasteiger partial charge on any atom is 0.292 e. The van der Waals surface area contributed by atoms with Crippen molar-refractivity contribution in [2.45, 2.75) is 51.0 Å². The highest BCUT2D eigenvalue weighted by Gasteiger charge is 2.26. The Balaban J connectivity index is 0.839. The van der Waals surface area contributed by atoms with E-state index < -0.39 is 65.1 Å². The summed E-state index contributed by atoms with van der Waals surface area (Å²) < 4.78 is 10.4. The maximum atomic E-state index is 14.2. The summed E-state index contributed by atoms with van der Waals surface area (Å²) in [6, 6.07) is 12.5. The number of anilines is 7. The number of carbonyl (C=O) groups excluding carboxylic acids is 11. The number of hydrogen-bond acceptors (Lipinski definition) is 16. The van der Waals surface area contributed by atoms with Crippen LogP contribution in [0.25, 0.3) is 0 Å². The molecule has 0 bridgehead atoms. The predicted octanol–water partition coefficient (Wildman–Crippen LogP) is 3.75. The van der Waals surface area contributed by atoms with Gasteiger partial charge in [-0.05, 0) is 88.3 Å². The number of alkyl halides is 2. The molecule has 0 fully saturated rings. The average Bonchev–Trinajstić information content (AvgIpc) is 1.68. The van der Waals surface area contributed by atoms with Gasteiger partial charge in [0.2, 0.25) is 35.3 Å². The largest absolute Gasteiger partial charge is 0.369 e. The van der Waals surface area contributed by atoms with Gasteiger partial charge in [0.25, 0.3) is 41.4 Å². The van der Waals surface area contributed by atoms with Crippen molar-refractivity contribution in [2.24, 2.45) is 49.3 Å². The van der Waals surface area contributed by atoms with Gasteiger partial charge in [-0.2, -0.15) is 0 Å². The number of imidazole rings is 3. The molecule has 7 aromatic heterocycles. The van der Waals surface area contributed by atoms with Gasteiger partial charge in [-0.25, -0.2) is 15.0 Å². The summed E-state index contributed by atoms with van der Waals surface area (Å²) in [7, 11) is 15.1. The Morgan fingerprint density at radius 2 is 0.913 bits per heavy atom. The van der Waals surface area contributed by atoms with E-state index in [0.717, 1.165) is 24.2 Å². The van der Waals surface area contributed by atoms with Crippen molar-refractivity contribution in [2.75, 3.05) is 108 Å². The predicted molar refractivity (Wildman–Crippen MR) is 392 cm³/mol. The normalized spacial score (nSPS) is 11.3. The van der Waals surface area contributed by atoms with Gasteiger partial charge in [-0.15, -0.1) is 23.2 Å². The molecule has 11 N–H and O–H groups in total. The second-order valence-corrected chi connectivity index (χ2v) is 25.6. The molecule has 0 radical (unpaired) electrons. The first-order chi connectivity index (χ1) is 49.7. The molecule has 34 nitrogen and oxygen atoms in total. The zero-order valence-corrected chi connectivity index (χ0v) is 60.8. The first kappa shape index (κ1) is 78.2. The average molecular weight is 1470 g/mol. The highest BCUT2D eigenvalue weighted by Crippen LogP contribution is 2.23. The Kier molecular flexibility index (Phi) is 27.7. The van der Waals surface area contributed by atoms with E-state index in [9.17, 15) is 52.7 Å². The molecule has 11 amide bonds. The zero-order chi connectivity index (χ0) is 75.3. The Hall–Kier alpha value is -11.5. The lowest BCUT2D eigenvalue weighted by molar-refractivity contribution is -0.126. The fourth-order valence-electron chi connectivity index (χ4n) is 11.0. The molecule has 0 saturated heterocycles. The van der Waals surface area contributed by atoms with Crippen molar-refractivity contribution in [3.05, 3.63) is 144 Å². The fourth-order valence-corrected chi connectivity index (χ4v) is 11.4. The summed E-state index contributed by atoms with van der Waals surface area (Å²) in [5, 5.41) is 30.1. The summed E-state index contributed by atoms with van der Waals surface area (Å²) >= 11 is 12.0. The van der Waals surface area contributed by atoms with Crippen molar-refractivity contribution >= 4 is 128 Å². The van der Waals surface area contributed by atoms with Gasteiger partial charge >= 0.3 is 0 Å². The third kappa shape index (κ3) is 22.0. The second-order valence-electron chi connectivity index (χ2n) is 24.8. The first-order valence-electron chi connectivity index (χ1n) is 33.2. The minimum absolute atomic E-state index is 0.0258. The number of amides is 11. The van der Waals surface area contributed by atoms with Gasteiger partial charge in [-0.3, -0.25) is 52.7 Å². The molecule has 104 heavy (non-hydrogen) atoms. The van der Waals surface area contributed by atoms with Crippen LogP contribution in [-0.4, -0.2) is 195 Å². The number of halogens is 2. The molecule has 554 valence electrons. The lowest BCUT2D eigenvalue weighted by Gasteiger charge is -2.23. The summed E-state index contributed by atoms with van der Waals surface area (Å²) in [4.78, 5) is 163. The van der Waals surface area contributed by atoms with Crippen molar-refractivity contribution in [1.29, 1.82) is 0 Å². The van der Waals surface area contributed by atoms with E-state index in [2.05, 4.69) is 78.3 Å². The van der Waals surface area contributed by atoms with Crippen molar-refractivity contribution in [3.63, 3.8) is 0 Å². The molecule has 0 aliphatic carbocycles. The monoisotopic (exact) mass is 1470 g/mol. The summed E-state index contributed by atoms with van der Waals surface area (Å²) in [6.45, 7) is 2.50. The van der Waals surface area contributed by atoms with Crippen LogP contribution in [0.2, 0.25) is 0 Å². The zero-order valence-electron chi connectivity index (χ0n) is 59.2. The van der Waals surface area contributed by atoms with E-state index in [4.69, 9.17) is 23.2 Å². The van der Waals surface area contributed by atoms with Gasteiger partial charge in [0.1, 0.15) is 28.8 Å². The van der Waals surface area contributed by atoms with E-state index in [1.54, 1.807) is 65.4 Å². The van der Waals surface area contributed by atoms with Crippen LogP contribution in [0.1, 0.15) is 118 Å². The van der Waals surface area contributed by atoms with Gasteiger partial charge in [-0.1, -0.05) is 12.1 Å². The van der Waals surface area contributed by atoms with Crippen LogP contribution in [-0.2, 0) is 74.9 Å². The number of benzene rings is 1. The van der Waals surface area contributed by atoms with Crippen LogP contribution in [0.5, 0.6) is 0 Å². The third-order valence-electron chi connectivity index (χ3n) is 16.3. The summed E-state index contributed by atoms with van der Waals surface area (Å²) in [5.74, 6) is -4.68. The number of aromatic nitrogens is 10. The molecule has 0 aliphatic rings. The molecule has 36 heteroatoms. The molecule has 7 heterocycles. The summed E-state index contributed by atoms with van der Waals surface area (Å²) in [6.07, 6.45) is 13.7. The Labute approximate surface area is 609 Å². The third-order valence-corrected chi connectivity index (χ3v) is 16.7. The van der Waals surface area contributed by atoms with Crippen LogP contribution in [0.4, 0.5) is 40.1 Å². The highest BCUT2D eigenvalue weighted by atomic mass is 35.5. The van der Waals surface area contributed by atoms with Crippen molar-refractivity contribution < 1.29 is 52.7 Å². The molecule has 0 saturated carbocycles. The van der Waals surface area contributed by atoms with Gasteiger partial charge in [0.05, 0.1) is 22.7 Å². The number of hydrogen-bond donors (Lipinski definition) is 11. The van der Waals surface area contributed by atoms with Gasteiger partial charge in [0, 0.05) is 175 Å². The lowest BCUT2D eigenvalue weighted by atomic mass is 10.1. The van der Waals surface area contributed by atoms with Crippen LogP contribution < -0.4 is 63.4 Å². The molecular weight excluding hydrogens is 1390 g/mol. The van der Waals surface area contributed by atoms with Crippen molar-refractivity contribution in [3.8, 4) is 0 Å². The number of nitrogens with zero attached hydrogens (tertiary/aromatic N) is 12. The first-order valence-corrected chi connectivity index (χ1v) is 34.3. The Morgan fingerprint density at radius 1 is 0.442 bits per heavy atom. The lowest BCUT2D eigenvalue weighted by Crippen LogP contribution is -2.45. The molecule has 8 aromatic rings. The number of nitrogens with one attached hydrogen (secondary N) is 11. The minimum atomic E-state index is -1.21. The van der Waals surface area contributed by atoms with Crippen LogP contribution in [0.15, 0.2) is 98.1 Å². The van der Waals surface area contributed by atoms with Gasteiger partial charge in [0.15, 0.2) is 17.5 Å². The Bertz CT molecular complexity index is 4410. The van der Waals surface area contributed by atoms with Crippen LogP contribution in [0, 0.1) is 0 Å². The second kappa shape index (κ2) is 36.9. The molecule has 1 atom stereocenters. The fraction of sp³-hybridized carbons (Fsp3) is 0.382. The molecule has 0 spiro atoms. The van der Waals surface area contributed by atoms with E-state index in [0.29, 0.717) is 49.9 Å². The van der Waals surface area contributed by atoms with Crippen LogP contribution >= 0.6 is 23.2 Å². The summed E-state index contributed by atoms with van der Waals surface area (Å²) in [5.41, 5.74) is 3.71. The van der Waals surface area contributed by atoms with Crippen molar-refractivity contribution in [1.82, 2.24) is 78.4 Å².